The molecule has 3 aliphatic rings. The second-order valence-electron chi connectivity index (χ2n) is 8.66. The van der Waals surface area contributed by atoms with Crippen LogP contribution in [-0.4, -0.2) is 91.4 Å². The largest absolute Gasteiger partial charge is 0.370 e. The summed E-state index contributed by atoms with van der Waals surface area (Å²) < 4.78 is 0. The van der Waals surface area contributed by atoms with Crippen molar-refractivity contribution in [3.63, 3.8) is 0 Å². The van der Waals surface area contributed by atoms with Crippen LogP contribution in [0.2, 0.25) is 0 Å². The lowest BCUT2D eigenvalue weighted by Gasteiger charge is -2.38. The van der Waals surface area contributed by atoms with E-state index in [4.69, 9.17) is 10.7 Å². The van der Waals surface area contributed by atoms with E-state index >= 15 is 0 Å². The normalized spacial score (nSPS) is 23.5. The van der Waals surface area contributed by atoms with Crippen LogP contribution in [0.15, 0.2) is 4.99 Å². The Kier molecular flexibility index (Phi) is 10.6. The van der Waals surface area contributed by atoms with Crippen molar-refractivity contribution in [2.24, 2.45) is 22.6 Å². The van der Waals surface area contributed by atoms with Crippen molar-refractivity contribution in [1.82, 2.24) is 20.0 Å². The summed E-state index contributed by atoms with van der Waals surface area (Å²) in [7, 11) is 0. The molecule has 3 rings (SSSR count). The van der Waals surface area contributed by atoms with Crippen molar-refractivity contribution in [2.75, 3.05) is 58.9 Å². The number of piperazine rings is 1. The minimum Gasteiger partial charge on any atom is -0.370 e. The van der Waals surface area contributed by atoms with Crippen LogP contribution in [0.1, 0.15) is 45.4 Å². The van der Waals surface area contributed by atoms with Gasteiger partial charge in [0.2, 0.25) is 11.8 Å². The molecule has 2 aliphatic heterocycles. The molecule has 9 heteroatoms. The predicted octanol–water partition coefficient (Wildman–Crippen LogP) is 1.10. The summed E-state index contributed by atoms with van der Waals surface area (Å²) in [6, 6.07) is 0. The standard InChI is InChI=1S/C21H38N6O2.HI/c1-2-23-21(27-9-4-5-17(16-27)15-19(22)28)24-8-10-25-11-13-26(14-12-25)20(29)18-6-3-7-18;/h17-18H,2-16H2,1H3,(H2,22,28)(H,23,24);1H. The number of primary amides is 1. The molecule has 0 aromatic rings. The van der Waals surface area contributed by atoms with Gasteiger partial charge in [-0.05, 0) is 38.5 Å². The van der Waals surface area contributed by atoms with Gasteiger partial charge >= 0.3 is 0 Å². The van der Waals surface area contributed by atoms with E-state index in [2.05, 4.69) is 26.9 Å². The number of guanidine groups is 1. The van der Waals surface area contributed by atoms with Gasteiger partial charge in [-0.15, -0.1) is 24.0 Å². The van der Waals surface area contributed by atoms with Crippen molar-refractivity contribution < 1.29 is 9.59 Å². The first kappa shape index (κ1) is 25.2. The number of aliphatic imine (C=N–C) groups is 1. The van der Waals surface area contributed by atoms with Crippen molar-refractivity contribution in [3.8, 4) is 0 Å². The van der Waals surface area contributed by atoms with E-state index in [1.807, 2.05) is 0 Å². The summed E-state index contributed by atoms with van der Waals surface area (Å²) in [5.74, 6) is 1.73. The Morgan fingerprint density at radius 3 is 2.37 bits per heavy atom. The van der Waals surface area contributed by atoms with Gasteiger partial charge in [-0.25, -0.2) is 0 Å². The molecule has 2 saturated heterocycles. The lowest BCUT2D eigenvalue weighted by Crippen LogP contribution is -2.51. The average Bonchev–Trinajstić information content (AvgIpc) is 2.66. The third-order valence-corrected chi connectivity index (χ3v) is 6.46. The van der Waals surface area contributed by atoms with Crippen molar-refractivity contribution >= 4 is 41.8 Å². The molecule has 2 amide bonds. The van der Waals surface area contributed by atoms with Crippen LogP contribution < -0.4 is 11.1 Å². The maximum atomic E-state index is 12.4. The van der Waals surface area contributed by atoms with Crippen LogP contribution in [0.5, 0.6) is 0 Å². The second kappa shape index (κ2) is 12.7. The molecule has 0 spiro atoms. The first-order valence-electron chi connectivity index (χ1n) is 11.4. The Hall–Kier alpha value is -1.10. The molecule has 3 N–H and O–H groups in total. The Morgan fingerprint density at radius 1 is 1.03 bits per heavy atom. The molecule has 1 aliphatic carbocycles. The molecule has 0 bridgehead atoms. The number of carbonyl (C=O) groups excluding carboxylic acids is 2. The number of rotatable bonds is 7. The lowest BCUT2D eigenvalue weighted by atomic mass is 9.84. The van der Waals surface area contributed by atoms with E-state index in [1.54, 1.807) is 0 Å². The zero-order valence-corrected chi connectivity index (χ0v) is 20.7. The molecule has 30 heavy (non-hydrogen) atoms. The van der Waals surface area contributed by atoms with Gasteiger partial charge in [-0.3, -0.25) is 19.5 Å². The van der Waals surface area contributed by atoms with Crippen LogP contribution in [-0.2, 0) is 9.59 Å². The summed E-state index contributed by atoms with van der Waals surface area (Å²) in [6.45, 7) is 9.97. The minimum absolute atomic E-state index is 0. The molecule has 2 heterocycles. The minimum atomic E-state index is -0.214. The zero-order chi connectivity index (χ0) is 20.6. The Bertz CT molecular complexity index is 590. The first-order valence-corrected chi connectivity index (χ1v) is 11.4. The number of likely N-dealkylation sites (tertiary alicyclic amines) is 1. The molecule has 1 unspecified atom stereocenters. The Labute approximate surface area is 198 Å². The number of piperidine rings is 1. The number of amides is 2. The number of nitrogens with one attached hydrogen (secondary N) is 1. The SMILES string of the molecule is CCNC(=NCCN1CCN(C(=O)C2CCC2)CC1)N1CCCC(CC(N)=O)C1.I. The highest BCUT2D eigenvalue weighted by molar-refractivity contribution is 14.0. The molecular weight excluding hydrogens is 495 g/mol. The fourth-order valence-corrected chi connectivity index (χ4v) is 4.54. The molecular formula is C21H39IN6O2. The second-order valence-corrected chi connectivity index (χ2v) is 8.66. The summed E-state index contributed by atoms with van der Waals surface area (Å²) >= 11 is 0. The quantitative estimate of drug-likeness (QED) is 0.290. The number of hydrogen-bond donors (Lipinski definition) is 2. The lowest BCUT2D eigenvalue weighted by molar-refractivity contribution is -0.139. The van der Waals surface area contributed by atoms with Gasteiger partial charge in [0.1, 0.15) is 0 Å². The first-order chi connectivity index (χ1) is 14.1. The van der Waals surface area contributed by atoms with E-state index in [1.165, 1.54) is 6.42 Å². The van der Waals surface area contributed by atoms with Gasteiger partial charge in [0, 0.05) is 64.7 Å². The predicted molar refractivity (Wildman–Crippen MR) is 130 cm³/mol. The van der Waals surface area contributed by atoms with Crippen LogP contribution in [0, 0.1) is 11.8 Å². The maximum Gasteiger partial charge on any atom is 0.225 e. The average molecular weight is 534 g/mol. The van der Waals surface area contributed by atoms with Gasteiger partial charge < -0.3 is 20.9 Å². The van der Waals surface area contributed by atoms with Crippen LogP contribution in [0.4, 0.5) is 0 Å². The third kappa shape index (κ3) is 7.25. The van der Waals surface area contributed by atoms with Crippen LogP contribution in [0.3, 0.4) is 0 Å². The molecule has 172 valence electrons. The van der Waals surface area contributed by atoms with Gasteiger partial charge in [0.25, 0.3) is 0 Å². The molecule has 0 aromatic heterocycles. The summed E-state index contributed by atoms with van der Waals surface area (Å²) in [5.41, 5.74) is 5.39. The van der Waals surface area contributed by atoms with Gasteiger partial charge in [0.15, 0.2) is 5.96 Å². The van der Waals surface area contributed by atoms with Crippen molar-refractivity contribution in [1.29, 1.82) is 0 Å². The highest BCUT2D eigenvalue weighted by Crippen LogP contribution is 2.28. The molecule has 1 saturated carbocycles. The molecule has 8 nitrogen and oxygen atoms in total. The summed E-state index contributed by atoms with van der Waals surface area (Å²) in [6.07, 6.45) is 5.96. The van der Waals surface area contributed by atoms with Gasteiger partial charge in [-0.1, -0.05) is 6.42 Å². The van der Waals surface area contributed by atoms with E-state index in [0.29, 0.717) is 24.2 Å². The fraction of sp³-hybridized carbons (Fsp3) is 0.857. The van der Waals surface area contributed by atoms with E-state index in [-0.39, 0.29) is 29.9 Å². The smallest absolute Gasteiger partial charge is 0.225 e. The van der Waals surface area contributed by atoms with Crippen molar-refractivity contribution in [3.05, 3.63) is 0 Å². The third-order valence-electron chi connectivity index (χ3n) is 6.46. The maximum absolute atomic E-state index is 12.4. The fourth-order valence-electron chi connectivity index (χ4n) is 4.54. The summed E-state index contributed by atoms with van der Waals surface area (Å²) in [5, 5.41) is 3.40. The highest BCUT2D eigenvalue weighted by Gasteiger charge is 2.31. The molecule has 0 radical (unpaired) electrons. The molecule has 3 fully saturated rings. The van der Waals surface area contributed by atoms with Crippen LogP contribution >= 0.6 is 24.0 Å². The molecule has 0 aromatic carbocycles. The van der Waals surface area contributed by atoms with Gasteiger partial charge in [0.05, 0.1) is 6.54 Å². The number of nitrogens with zero attached hydrogens (tertiary/aromatic N) is 4. The highest BCUT2D eigenvalue weighted by atomic mass is 127. The number of hydrogen-bond acceptors (Lipinski definition) is 4. The Balaban J connectivity index is 0.00000320. The van der Waals surface area contributed by atoms with E-state index in [9.17, 15) is 9.59 Å². The number of nitrogens with two attached hydrogens (primary N) is 1. The van der Waals surface area contributed by atoms with Crippen molar-refractivity contribution in [2.45, 2.75) is 45.4 Å². The number of carbonyl (C=O) groups is 2. The number of halogens is 1. The van der Waals surface area contributed by atoms with Gasteiger partial charge in [-0.2, -0.15) is 0 Å². The zero-order valence-electron chi connectivity index (χ0n) is 18.4. The Morgan fingerprint density at radius 2 is 1.77 bits per heavy atom. The van der Waals surface area contributed by atoms with E-state index < -0.39 is 0 Å². The topological polar surface area (TPSA) is 94.3 Å². The van der Waals surface area contributed by atoms with Crippen LogP contribution in [0.25, 0.3) is 0 Å². The summed E-state index contributed by atoms with van der Waals surface area (Å²) in [4.78, 5) is 35.2. The monoisotopic (exact) mass is 534 g/mol. The van der Waals surface area contributed by atoms with E-state index in [0.717, 1.165) is 90.5 Å². The molecule has 1 atom stereocenters.